The predicted octanol–water partition coefficient (Wildman–Crippen LogP) is 3.49. The lowest BCUT2D eigenvalue weighted by atomic mass is 10.1. The Morgan fingerprint density at radius 3 is 2.61 bits per heavy atom. The van der Waals surface area contributed by atoms with Crippen molar-refractivity contribution in [1.82, 2.24) is 19.9 Å². The molecule has 4 aromatic rings. The topological polar surface area (TPSA) is 122 Å². The third-order valence-corrected chi connectivity index (χ3v) is 5.23. The summed E-state index contributed by atoms with van der Waals surface area (Å²) in [7, 11) is 0. The molecule has 0 saturated carbocycles. The first-order valence-corrected chi connectivity index (χ1v) is 10.3. The molecule has 0 amide bonds. The van der Waals surface area contributed by atoms with E-state index in [2.05, 4.69) is 30.6 Å². The highest BCUT2D eigenvalue weighted by Crippen LogP contribution is 2.29. The monoisotopic (exact) mass is 440 g/mol. The minimum atomic E-state index is -0.389. The van der Waals surface area contributed by atoms with Gasteiger partial charge in [0.1, 0.15) is 12.4 Å². The summed E-state index contributed by atoms with van der Waals surface area (Å²) < 4.78 is 5.06. The van der Waals surface area contributed by atoms with Crippen LogP contribution in [0.4, 0.5) is 17.5 Å². The molecule has 33 heavy (non-hydrogen) atoms. The van der Waals surface area contributed by atoms with Crippen molar-refractivity contribution in [2.45, 2.75) is 12.6 Å². The summed E-state index contributed by atoms with van der Waals surface area (Å²) in [5.74, 6) is 0.959. The quantitative estimate of drug-likeness (QED) is 0.371. The largest absolute Gasteiger partial charge is 0.457 e. The van der Waals surface area contributed by atoms with Crippen LogP contribution >= 0.6 is 0 Å². The van der Waals surface area contributed by atoms with Crippen LogP contribution < -0.4 is 10.6 Å². The molecule has 164 valence electrons. The van der Waals surface area contributed by atoms with E-state index in [1.165, 1.54) is 0 Å². The molecule has 9 heteroatoms. The molecule has 1 unspecified atom stereocenters. The number of carbonyl (C=O) groups excluding carboxylic acids is 1. The molecule has 0 saturated heterocycles. The van der Waals surface area contributed by atoms with E-state index < -0.39 is 0 Å². The fourth-order valence-corrected chi connectivity index (χ4v) is 3.58. The van der Waals surface area contributed by atoms with Gasteiger partial charge in [0.05, 0.1) is 23.8 Å². The van der Waals surface area contributed by atoms with Crippen LogP contribution in [0.2, 0.25) is 0 Å². The zero-order valence-electron chi connectivity index (χ0n) is 17.5. The fraction of sp³-hybridized carbons (Fsp3) is 0.125. The molecule has 5 rings (SSSR count). The van der Waals surface area contributed by atoms with Crippen LogP contribution in [0.15, 0.2) is 73.2 Å². The van der Waals surface area contributed by atoms with E-state index in [4.69, 9.17) is 4.74 Å². The third-order valence-electron chi connectivity index (χ3n) is 5.23. The van der Waals surface area contributed by atoms with Gasteiger partial charge in [-0.15, -0.1) is 0 Å². The Hall–Kier alpha value is -4.37. The number of ether oxygens (including phenoxy) is 1. The van der Waals surface area contributed by atoms with Gasteiger partial charge in [0.15, 0.2) is 5.82 Å². The second kappa shape index (κ2) is 9.01. The molecule has 2 aromatic carbocycles. The second-order valence-corrected chi connectivity index (χ2v) is 7.39. The van der Waals surface area contributed by atoms with Crippen molar-refractivity contribution < 1.29 is 14.6 Å². The van der Waals surface area contributed by atoms with Crippen LogP contribution in [0.25, 0.3) is 11.4 Å². The lowest BCUT2D eigenvalue weighted by Crippen LogP contribution is -2.17. The normalized spacial score (nSPS) is 13.2. The summed E-state index contributed by atoms with van der Waals surface area (Å²) in [6.45, 7) is 0.113. The molecular formula is C24H20N6O3. The zero-order chi connectivity index (χ0) is 22.6. The fourth-order valence-electron chi connectivity index (χ4n) is 3.58. The highest BCUT2D eigenvalue weighted by molar-refractivity contribution is 5.94. The predicted molar refractivity (Wildman–Crippen MR) is 122 cm³/mol. The highest BCUT2D eigenvalue weighted by Gasteiger charge is 2.21. The lowest BCUT2D eigenvalue weighted by Gasteiger charge is -2.19. The molecule has 2 aromatic heterocycles. The van der Waals surface area contributed by atoms with Crippen LogP contribution in [0, 0.1) is 0 Å². The van der Waals surface area contributed by atoms with Gasteiger partial charge in [0.25, 0.3) is 0 Å². The molecule has 9 nitrogen and oxygen atoms in total. The Kier molecular flexibility index (Phi) is 5.61. The first-order chi connectivity index (χ1) is 16.2. The Morgan fingerprint density at radius 2 is 1.82 bits per heavy atom. The van der Waals surface area contributed by atoms with Gasteiger partial charge in [-0.25, -0.2) is 19.7 Å². The molecule has 1 aliphatic heterocycles. The van der Waals surface area contributed by atoms with E-state index in [0.29, 0.717) is 28.7 Å². The lowest BCUT2D eigenvalue weighted by molar-refractivity contribution is 0.0535. The molecule has 1 atom stereocenters. The van der Waals surface area contributed by atoms with Crippen molar-refractivity contribution in [1.29, 1.82) is 0 Å². The van der Waals surface area contributed by atoms with Crippen molar-refractivity contribution in [3.8, 4) is 11.4 Å². The van der Waals surface area contributed by atoms with Gasteiger partial charge in [-0.1, -0.05) is 30.3 Å². The van der Waals surface area contributed by atoms with Gasteiger partial charge in [0, 0.05) is 29.8 Å². The number of aromatic nitrogens is 4. The minimum absolute atomic E-state index is 0.134. The van der Waals surface area contributed by atoms with Gasteiger partial charge in [0.2, 0.25) is 5.95 Å². The SMILES string of the molecule is O=C1OCc2cc(Nc3ncc(-c4ncccn4)c(NC(CO)c4ccccc4)n3)ccc21. The van der Waals surface area contributed by atoms with Crippen LogP contribution in [0.1, 0.15) is 27.5 Å². The van der Waals surface area contributed by atoms with E-state index in [1.807, 2.05) is 36.4 Å². The van der Waals surface area contributed by atoms with Crippen LogP contribution in [0.5, 0.6) is 0 Å². The molecule has 0 fully saturated rings. The molecule has 0 aliphatic carbocycles. The number of rotatable bonds is 7. The van der Waals surface area contributed by atoms with Gasteiger partial charge >= 0.3 is 5.97 Å². The number of nitrogens with zero attached hydrogens (tertiary/aromatic N) is 4. The smallest absolute Gasteiger partial charge is 0.338 e. The van der Waals surface area contributed by atoms with E-state index in [-0.39, 0.29) is 25.2 Å². The highest BCUT2D eigenvalue weighted by atomic mass is 16.5. The summed E-state index contributed by atoms with van der Waals surface area (Å²) >= 11 is 0. The minimum Gasteiger partial charge on any atom is -0.457 e. The number of fused-ring (bicyclic) bond motifs is 1. The number of carbonyl (C=O) groups is 1. The van der Waals surface area contributed by atoms with E-state index in [1.54, 1.807) is 36.8 Å². The molecule has 0 bridgehead atoms. The molecule has 1 aliphatic rings. The maximum atomic E-state index is 11.7. The average molecular weight is 440 g/mol. The van der Waals surface area contributed by atoms with Crippen molar-refractivity contribution in [3.63, 3.8) is 0 Å². The number of benzene rings is 2. The number of cyclic esters (lactones) is 1. The zero-order valence-corrected chi connectivity index (χ0v) is 17.5. The Bertz CT molecular complexity index is 1280. The Labute approximate surface area is 189 Å². The number of esters is 1. The van der Waals surface area contributed by atoms with Crippen LogP contribution in [-0.2, 0) is 11.3 Å². The third kappa shape index (κ3) is 4.35. The Morgan fingerprint density at radius 1 is 1.00 bits per heavy atom. The first kappa shape index (κ1) is 20.5. The summed E-state index contributed by atoms with van der Waals surface area (Å²) in [4.78, 5) is 29.4. The van der Waals surface area contributed by atoms with Gasteiger partial charge in [-0.2, -0.15) is 4.98 Å². The molecule has 3 N–H and O–H groups in total. The number of aliphatic hydroxyl groups is 1. The molecule has 3 heterocycles. The van der Waals surface area contributed by atoms with Crippen LogP contribution in [0.3, 0.4) is 0 Å². The maximum Gasteiger partial charge on any atom is 0.338 e. The number of hydrogen-bond acceptors (Lipinski definition) is 9. The molecule has 0 radical (unpaired) electrons. The maximum absolute atomic E-state index is 11.7. The number of aliphatic hydroxyl groups excluding tert-OH is 1. The van der Waals surface area contributed by atoms with E-state index >= 15 is 0 Å². The molecular weight excluding hydrogens is 420 g/mol. The standard InChI is InChI=1S/C24H20N6O3/c31-13-20(15-5-2-1-3-6-15)29-22-19(21-25-9-4-10-26-21)12-27-24(30-22)28-17-7-8-18-16(11-17)14-33-23(18)32/h1-12,20,31H,13-14H2,(H2,27,28,29,30). The van der Waals surface area contributed by atoms with E-state index in [9.17, 15) is 9.90 Å². The van der Waals surface area contributed by atoms with Crippen LogP contribution in [-0.4, -0.2) is 37.6 Å². The van der Waals surface area contributed by atoms with Crippen molar-refractivity contribution in [3.05, 3.63) is 89.9 Å². The van der Waals surface area contributed by atoms with Crippen molar-refractivity contribution in [2.24, 2.45) is 0 Å². The van der Waals surface area contributed by atoms with Crippen molar-refractivity contribution in [2.75, 3.05) is 17.2 Å². The van der Waals surface area contributed by atoms with Gasteiger partial charge in [-0.3, -0.25) is 0 Å². The summed E-state index contributed by atoms with van der Waals surface area (Å²) in [5.41, 5.74) is 3.61. The summed E-state index contributed by atoms with van der Waals surface area (Å²) in [6.07, 6.45) is 4.92. The number of nitrogens with one attached hydrogen (secondary N) is 2. The van der Waals surface area contributed by atoms with Gasteiger partial charge in [-0.05, 0) is 29.8 Å². The molecule has 0 spiro atoms. The average Bonchev–Trinajstić information content (AvgIpc) is 3.23. The first-order valence-electron chi connectivity index (χ1n) is 10.3. The van der Waals surface area contributed by atoms with E-state index in [0.717, 1.165) is 16.8 Å². The van der Waals surface area contributed by atoms with Gasteiger partial charge < -0.3 is 20.5 Å². The van der Waals surface area contributed by atoms with Crippen molar-refractivity contribution >= 4 is 23.4 Å². The summed E-state index contributed by atoms with van der Waals surface area (Å²) in [6, 6.07) is 16.3. The second-order valence-electron chi connectivity index (χ2n) is 7.39. The summed E-state index contributed by atoms with van der Waals surface area (Å²) in [5, 5.41) is 16.5. The Balaban J connectivity index is 1.48. The number of anilines is 3. The number of hydrogen-bond donors (Lipinski definition) is 3.